The first-order valence-corrected chi connectivity index (χ1v) is 10.0. The van der Waals surface area contributed by atoms with E-state index >= 15 is 0 Å². The monoisotopic (exact) mass is 410 g/mol. The van der Waals surface area contributed by atoms with E-state index in [1.54, 1.807) is 30.5 Å². The Morgan fingerprint density at radius 3 is 2.73 bits per heavy atom. The summed E-state index contributed by atoms with van der Waals surface area (Å²) in [5, 5.41) is 9.30. The van der Waals surface area contributed by atoms with Crippen LogP contribution in [0.3, 0.4) is 0 Å². The molecule has 2 aliphatic heterocycles. The van der Waals surface area contributed by atoms with Crippen LogP contribution < -0.4 is 9.64 Å². The van der Waals surface area contributed by atoms with Crippen LogP contribution in [0, 0.1) is 17.1 Å². The summed E-state index contributed by atoms with van der Waals surface area (Å²) in [6, 6.07) is 11.7. The number of morpholine rings is 1. The van der Waals surface area contributed by atoms with Crippen LogP contribution >= 0.6 is 0 Å². The van der Waals surface area contributed by atoms with Crippen LogP contribution in [0.15, 0.2) is 42.6 Å². The molecule has 2 fully saturated rings. The van der Waals surface area contributed by atoms with Crippen molar-refractivity contribution in [2.24, 2.45) is 0 Å². The Bertz CT molecular complexity index is 923. The molecule has 156 valence electrons. The highest BCUT2D eigenvalue weighted by atomic mass is 19.1. The van der Waals surface area contributed by atoms with E-state index in [4.69, 9.17) is 9.47 Å². The van der Waals surface area contributed by atoms with E-state index in [1.165, 1.54) is 12.1 Å². The van der Waals surface area contributed by atoms with Gasteiger partial charge in [0.15, 0.2) is 0 Å². The molecule has 0 saturated carbocycles. The van der Waals surface area contributed by atoms with E-state index in [2.05, 4.69) is 16.0 Å². The number of amides is 1. The van der Waals surface area contributed by atoms with Crippen molar-refractivity contribution in [3.05, 3.63) is 54.0 Å². The van der Waals surface area contributed by atoms with E-state index in [0.29, 0.717) is 30.3 Å². The van der Waals surface area contributed by atoms with Crippen molar-refractivity contribution in [3.8, 4) is 11.8 Å². The summed E-state index contributed by atoms with van der Waals surface area (Å²) in [5.74, 6) is 0.951. The van der Waals surface area contributed by atoms with E-state index in [-0.39, 0.29) is 30.5 Å². The summed E-state index contributed by atoms with van der Waals surface area (Å²) in [6.45, 7) is 2.28. The average molecular weight is 410 g/mol. The lowest BCUT2D eigenvalue weighted by Crippen LogP contribution is -2.55. The van der Waals surface area contributed by atoms with Crippen LogP contribution in [0.4, 0.5) is 10.2 Å². The zero-order valence-electron chi connectivity index (χ0n) is 16.5. The van der Waals surface area contributed by atoms with Crippen molar-refractivity contribution >= 4 is 11.7 Å². The molecule has 30 heavy (non-hydrogen) atoms. The molecule has 7 nitrogen and oxygen atoms in total. The summed E-state index contributed by atoms with van der Waals surface area (Å²) in [5.41, 5.74) is 0.566. The number of hydrogen-bond acceptors (Lipinski definition) is 6. The third-order valence-corrected chi connectivity index (χ3v) is 5.52. The van der Waals surface area contributed by atoms with Crippen LogP contribution in [0.2, 0.25) is 0 Å². The van der Waals surface area contributed by atoms with Crippen LogP contribution in [0.25, 0.3) is 0 Å². The maximum Gasteiger partial charge on any atom is 0.248 e. The molecule has 0 N–H and O–H groups in total. The Morgan fingerprint density at radius 2 is 2.00 bits per heavy atom. The molecule has 1 amide bonds. The van der Waals surface area contributed by atoms with Crippen LogP contribution in [-0.2, 0) is 9.53 Å². The van der Waals surface area contributed by atoms with E-state index in [9.17, 15) is 14.4 Å². The van der Waals surface area contributed by atoms with Crippen molar-refractivity contribution < 1.29 is 18.7 Å². The normalized spacial score (nSPS) is 20.1. The second kappa shape index (κ2) is 9.09. The van der Waals surface area contributed by atoms with Crippen LogP contribution in [-0.4, -0.2) is 60.8 Å². The standard InChI is InChI=1S/C22H23FN4O3/c23-17-3-5-19(6-4-17)29-14-20-13-27(21(28)15-30-20)18-7-10-26(11-8-18)22-16(12-24)2-1-9-25-22/h1-6,9,18,20H,7-8,10-11,13-15H2. The van der Waals surface area contributed by atoms with Crippen molar-refractivity contribution in [3.63, 3.8) is 0 Å². The molecule has 0 bridgehead atoms. The first kappa shape index (κ1) is 20.1. The second-order valence-electron chi connectivity index (χ2n) is 7.45. The molecule has 2 aromatic rings. The zero-order valence-corrected chi connectivity index (χ0v) is 16.5. The molecule has 0 spiro atoms. The van der Waals surface area contributed by atoms with Gasteiger partial charge in [0.05, 0.1) is 12.1 Å². The largest absolute Gasteiger partial charge is 0.491 e. The third kappa shape index (κ3) is 4.52. The van der Waals surface area contributed by atoms with Gasteiger partial charge in [0.2, 0.25) is 5.91 Å². The van der Waals surface area contributed by atoms with Gasteiger partial charge in [-0.15, -0.1) is 0 Å². The number of benzene rings is 1. The zero-order chi connectivity index (χ0) is 20.9. The fourth-order valence-corrected chi connectivity index (χ4v) is 3.95. The summed E-state index contributed by atoms with van der Waals surface area (Å²) in [6.07, 6.45) is 3.07. The number of hydrogen-bond donors (Lipinski definition) is 0. The quantitative estimate of drug-likeness (QED) is 0.753. The summed E-state index contributed by atoms with van der Waals surface area (Å²) >= 11 is 0. The van der Waals surface area contributed by atoms with Gasteiger partial charge in [-0.3, -0.25) is 4.79 Å². The SMILES string of the molecule is N#Cc1cccnc1N1CCC(N2CC(COc3ccc(F)cc3)OCC2=O)CC1. The lowest BCUT2D eigenvalue weighted by atomic mass is 10.0. The van der Waals surface area contributed by atoms with E-state index in [1.807, 2.05) is 4.90 Å². The van der Waals surface area contributed by atoms with Crippen molar-refractivity contribution in [1.29, 1.82) is 5.26 Å². The fourth-order valence-electron chi connectivity index (χ4n) is 3.95. The lowest BCUT2D eigenvalue weighted by Gasteiger charge is -2.42. The predicted octanol–water partition coefficient (Wildman–Crippen LogP) is 2.37. The van der Waals surface area contributed by atoms with E-state index < -0.39 is 0 Å². The Kier molecular flexibility index (Phi) is 6.10. The lowest BCUT2D eigenvalue weighted by molar-refractivity contribution is -0.154. The maximum absolute atomic E-state index is 13.0. The van der Waals surface area contributed by atoms with Gasteiger partial charge in [-0.05, 0) is 49.2 Å². The van der Waals surface area contributed by atoms with Gasteiger partial charge < -0.3 is 19.3 Å². The van der Waals surface area contributed by atoms with Gasteiger partial charge in [0, 0.05) is 25.3 Å². The van der Waals surface area contributed by atoms with Crippen molar-refractivity contribution in [2.75, 3.05) is 37.7 Å². The van der Waals surface area contributed by atoms with Crippen molar-refractivity contribution in [1.82, 2.24) is 9.88 Å². The Hall–Kier alpha value is -3.18. The molecule has 0 radical (unpaired) electrons. The Morgan fingerprint density at radius 1 is 1.23 bits per heavy atom. The molecule has 1 aromatic heterocycles. The summed E-state index contributed by atoms with van der Waals surface area (Å²) in [7, 11) is 0. The summed E-state index contributed by atoms with van der Waals surface area (Å²) in [4.78, 5) is 20.8. The van der Waals surface area contributed by atoms with E-state index in [0.717, 1.165) is 25.9 Å². The third-order valence-electron chi connectivity index (χ3n) is 5.52. The fraction of sp³-hybridized carbons (Fsp3) is 0.409. The number of ether oxygens (including phenoxy) is 2. The van der Waals surface area contributed by atoms with Crippen molar-refractivity contribution in [2.45, 2.75) is 25.0 Å². The van der Waals surface area contributed by atoms with Crippen LogP contribution in [0.1, 0.15) is 18.4 Å². The number of rotatable bonds is 5. The van der Waals surface area contributed by atoms with Gasteiger partial charge in [0.1, 0.15) is 42.8 Å². The highest BCUT2D eigenvalue weighted by Crippen LogP contribution is 2.25. The first-order valence-electron chi connectivity index (χ1n) is 10.0. The molecule has 2 aliphatic rings. The van der Waals surface area contributed by atoms with Gasteiger partial charge in [0.25, 0.3) is 0 Å². The highest BCUT2D eigenvalue weighted by molar-refractivity contribution is 5.78. The number of anilines is 1. The minimum Gasteiger partial charge on any atom is -0.491 e. The molecule has 0 aliphatic carbocycles. The first-order chi connectivity index (χ1) is 14.6. The molecule has 1 atom stereocenters. The molecular formula is C22H23FN4O3. The van der Waals surface area contributed by atoms with Crippen LogP contribution in [0.5, 0.6) is 5.75 Å². The average Bonchev–Trinajstić information content (AvgIpc) is 2.80. The molecule has 4 rings (SSSR count). The molecular weight excluding hydrogens is 387 g/mol. The molecule has 2 saturated heterocycles. The second-order valence-corrected chi connectivity index (χ2v) is 7.45. The smallest absolute Gasteiger partial charge is 0.248 e. The number of carbonyl (C=O) groups is 1. The molecule has 3 heterocycles. The number of carbonyl (C=O) groups excluding carboxylic acids is 1. The number of halogens is 1. The minimum absolute atomic E-state index is 0.0120. The van der Waals surface area contributed by atoms with Gasteiger partial charge >= 0.3 is 0 Å². The number of pyridine rings is 1. The summed E-state index contributed by atoms with van der Waals surface area (Å²) < 4.78 is 24.3. The molecule has 1 aromatic carbocycles. The number of nitriles is 1. The van der Waals surface area contributed by atoms with Gasteiger partial charge in [-0.2, -0.15) is 5.26 Å². The van der Waals surface area contributed by atoms with Gasteiger partial charge in [-0.1, -0.05) is 0 Å². The predicted molar refractivity (Wildman–Crippen MR) is 108 cm³/mol. The maximum atomic E-state index is 13.0. The topological polar surface area (TPSA) is 78.7 Å². The minimum atomic E-state index is -0.313. The molecule has 8 heteroatoms. The number of aromatic nitrogens is 1. The number of nitrogens with zero attached hydrogens (tertiary/aromatic N) is 4. The molecule has 1 unspecified atom stereocenters. The van der Waals surface area contributed by atoms with Gasteiger partial charge in [-0.25, -0.2) is 9.37 Å². The number of piperidine rings is 1. The Labute approximate surface area is 174 Å². The highest BCUT2D eigenvalue weighted by Gasteiger charge is 2.34. The Balaban J connectivity index is 1.32.